The Morgan fingerprint density at radius 2 is 0.939 bits per heavy atom. The van der Waals surface area contributed by atoms with E-state index in [2.05, 4.69) is 9.97 Å². The van der Waals surface area contributed by atoms with Gasteiger partial charge in [0.1, 0.15) is 22.3 Å². The predicted octanol–water partition coefficient (Wildman–Crippen LogP) is 7.66. The first kappa shape index (κ1) is 18.4. The fraction of sp³-hybridized carbons (Fsp3) is 0. The van der Waals surface area contributed by atoms with E-state index in [0.29, 0.717) is 11.6 Å². The molecule has 6 heteroatoms. The molecule has 3 heterocycles. The van der Waals surface area contributed by atoms with Gasteiger partial charge in [0.25, 0.3) is 0 Å². The van der Waals surface area contributed by atoms with Crippen molar-refractivity contribution in [2.45, 2.75) is 0 Å². The van der Waals surface area contributed by atoms with Gasteiger partial charge < -0.3 is 8.83 Å². The van der Waals surface area contributed by atoms with E-state index < -0.39 is 0 Å². The molecule has 0 bridgehead atoms. The van der Waals surface area contributed by atoms with Crippen LogP contribution in [-0.4, -0.2) is 15.0 Å². The highest BCUT2D eigenvalue weighted by Gasteiger charge is 2.14. The maximum Gasteiger partial charge on any atom is 0.226 e. The third-order valence-electron chi connectivity index (χ3n) is 5.88. The number of hydrogen-bond acceptors (Lipinski definition) is 5. The largest absolute Gasteiger partial charge is 0.456 e. The Hall–Kier alpha value is -4.22. The van der Waals surface area contributed by atoms with Gasteiger partial charge >= 0.3 is 0 Å². The van der Waals surface area contributed by atoms with Crippen molar-refractivity contribution in [1.82, 2.24) is 15.0 Å². The van der Waals surface area contributed by atoms with Gasteiger partial charge in [0.2, 0.25) is 5.28 Å². The number of aromatic nitrogens is 3. The van der Waals surface area contributed by atoms with E-state index in [1.807, 2.05) is 84.9 Å². The lowest BCUT2D eigenvalue weighted by Gasteiger charge is -2.05. The normalized spacial score (nSPS) is 11.8. The molecule has 0 unspecified atom stereocenters. The zero-order valence-electron chi connectivity index (χ0n) is 17.1. The minimum Gasteiger partial charge on any atom is -0.456 e. The molecule has 0 atom stereocenters. The zero-order chi connectivity index (χ0) is 21.9. The van der Waals surface area contributed by atoms with E-state index in [-0.39, 0.29) is 5.28 Å². The molecular formula is C27H14ClN3O2. The molecule has 0 fully saturated rings. The molecular weight excluding hydrogens is 434 g/mol. The molecule has 7 aromatic rings. The maximum atomic E-state index is 6.31. The third kappa shape index (κ3) is 2.90. The summed E-state index contributed by atoms with van der Waals surface area (Å²) in [5.74, 6) is 0.967. The summed E-state index contributed by atoms with van der Waals surface area (Å²) < 4.78 is 12.0. The van der Waals surface area contributed by atoms with E-state index in [1.54, 1.807) is 0 Å². The Labute approximate surface area is 192 Å². The molecule has 0 aliphatic rings. The minimum absolute atomic E-state index is 0.129. The van der Waals surface area contributed by atoms with E-state index >= 15 is 0 Å². The number of para-hydroxylation sites is 2. The molecule has 0 aliphatic heterocycles. The predicted molar refractivity (Wildman–Crippen MR) is 130 cm³/mol. The zero-order valence-corrected chi connectivity index (χ0v) is 17.9. The van der Waals surface area contributed by atoms with Gasteiger partial charge in [-0.3, -0.25) is 0 Å². The minimum atomic E-state index is 0.129. The van der Waals surface area contributed by atoms with Crippen LogP contribution < -0.4 is 0 Å². The fourth-order valence-electron chi connectivity index (χ4n) is 4.34. The molecule has 0 aliphatic carbocycles. The monoisotopic (exact) mass is 447 g/mol. The summed E-state index contributed by atoms with van der Waals surface area (Å²) >= 11 is 6.31. The molecule has 0 amide bonds. The van der Waals surface area contributed by atoms with Gasteiger partial charge in [0, 0.05) is 32.7 Å². The Kier molecular flexibility index (Phi) is 3.83. The van der Waals surface area contributed by atoms with Crippen LogP contribution >= 0.6 is 11.6 Å². The standard InChI is InChI=1S/C27H14ClN3O2/c28-27-30-25(15-9-11-19-17-5-1-3-7-21(17)32-23(19)13-15)29-26(31-27)16-10-12-20-18-6-2-4-8-22(18)33-24(20)14-16/h1-14H. The lowest BCUT2D eigenvalue weighted by molar-refractivity contribution is 0.668. The molecule has 0 radical (unpaired) electrons. The Balaban J connectivity index is 1.36. The maximum absolute atomic E-state index is 6.31. The second-order valence-corrected chi connectivity index (χ2v) is 8.21. The summed E-state index contributed by atoms with van der Waals surface area (Å²) in [6.45, 7) is 0. The van der Waals surface area contributed by atoms with Crippen LogP contribution in [-0.2, 0) is 0 Å². The van der Waals surface area contributed by atoms with Crippen molar-refractivity contribution in [2.75, 3.05) is 0 Å². The lowest BCUT2D eigenvalue weighted by Crippen LogP contribution is -1.97. The molecule has 4 aromatic carbocycles. The summed E-state index contributed by atoms with van der Waals surface area (Å²) in [4.78, 5) is 13.4. The molecule has 0 saturated heterocycles. The number of hydrogen-bond donors (Lipinski definition) is 0. The average Bonchev–Trinajstić information content (AvgIpc) is 3.40. The van der Waals surface area contributed by atoms with Gasteiger partial charge in [-0.15, -0.1) is 0 Å². The fourth-order valence-corrected chi connectivity index (χ4v) is 4.50. The van der Waals surface area contributed by atoms with Crippen LogP contribution in [0.4, 0.5) is 0 Å². The van der Waals surface area contributed by atoms with Gasteiger partial charge in [0.05, 0.1) is 0 Å². The second kappa shape index (κ2) is 6.89. The van der Waals surface area contributed by atoms with Crippen molar-refractivity contribution < 1.29 is 8.83 Å². The van der Waals surface area contributed by atoms with E-state index in [0.717, 1.165) is 55.0 Å². The quantitative estimate of drug-likeness (QED) is 0.272. The highest BCUT2D eigenvalue weighted by Crippen LogP contribution is 2.33. The molecule has 33 heavy (non-hydrogen) atoms. The number of halogens is 1. The summed E-state index contributed by atoms with van der Waals surface area (Å²) in [5, 5.41) is 4.37. The number of furan rings is 2. The summed E-state index contributed by atoms with van der Waals surface area (Å²) in [5.41, 5.74) is 4.84. The Morgan fingerprint density at radius 1 is 0.485 bits per heavy atom. The van der Waals surface area contributed by atoms with Crippen LogP contribution in [0.3, 0.4) is 0 Å². The number of fused-ring (bicyclic) bond motifs is 6. The van der Waals surface area contributed by atoms with Crippen LogP contribution in [0.25, 0.3) is 66.7 Å². The van der Waals surface area contributed by atoms with Gasteiger partial charge in [-0.25, -0.2) is 4.98 Å². The smallest absolute Gasteiger partial charge is 0.226 e. The molecule has 0 N–H and O–H groups in total. The van der Waals surface area contributed by atoms with Crippen molar-refractivity contribution in [3.8, 4) is 22.8 Å². The first-order valence-electron chi connectivity index (χ1n) is 10.5. The van der Waals surface area contributed by atoms with Crippen LogP contribution in [0.15, 0.2) is 93.8 Å². The van der Waals surface area contributed by atoms with Crippen LogP contribution in [0.5, 0.6) is 0 Å². The number of nitrogens with zero attached hydrogens (tertiary/aromatic N) is 3. The molecule has 156 valence electrons. The molecule has 0 saturated carbocycles. The summed E-state index contributed by atoms with van der Waals surface area (Å²) in [7, 11) is 0. The van der Waals surface area contributed by atoms with Gasteiger partial charge in [0.15, 0.2) is 11.6 Å². The van der Waals surface area contributed by atoms with Gasteiger partial charge in [-0.1, -0.05) is 48.5 Å². The van der Waals surface area contributed by atoms with Crippen LogP contribution in [0, 0.1) is 0 Å². The van der Waals surface area contributed by atoms with E-state index in [4.69, 9.17) is 25.4 Å². The van der Waals surface area contributed by atoms with Crippen molar-refractivity contribution >= 4 is 55.5 Å². The molecule has 0 spiro atoms. The van der Waals surface area contributed by atoms with E-state index in [9.17, 15) is 0 Å². The third-order valence-corrected chi connectivity index (χ3v) is 6.05. The van der Waals surface area contributed by atoms with E-state index in [1.165, 1.54) is 0 Å². The lowest BCUT2D eigenvalue weighted by atomic mass is 10.1. The summed E-state index contributed by atoms with van der Waals surface area (Å²) in [6, 6.07) is 27.8. The van der Waals surface area contributed by atoms with Crippen molar-refractivity contribution in [3.05, 3.63) is 90.2 Å². The first-order valence-corrected chi connectivity index (χ1v) is 10.9. The summed E-state index contributed by atoms with van der Waals surface area (Å²) in [6.07, 6.45) is 0. The SMILES string of the molecule is Clc1nc(-c2ccc3c(c2)oc2ccccc23)nc(-c2ccc3c(c2)oc2ccccc23)n1. The van der Waals surface area contributed by atoms with Crippen molar-refractivity contribution in [1.29, 1.82) is 0 Å². The van der Waals surface area contributed by atoms with Gasteiger partial charge in [-0.05, 0) is 48.0 Å². The second-order valence-electron chi connectivity index (χ2n) is 7.87. The topological polar surface area (TPSA) is 65.0 Å². The van der Waals surface area contributed by atoms with Crippen LogP contribution in [0.1, 0.15) is 0 Å². The average molecular weight is 448 g/mol. The highest BCUT2D eigenvalue weighted by atomic mass is 35.5. The van der Waals surface area contributed by atoms with Crippen molar-refractivity contribution in [2.24, 2.45) is 0 Å². The number of benzene rings is 4. The van der Waals surface area contributed by atoms with Gasteiger partial charge in [-0.2, -0.15) is 9.97 Å². The Bertz CT molecular complexity index is 1720. The number of rotatable bonds is 2. The highest BCUT2D eigenvalue weighted by molar-refractivity contribution is 6.28. The molecule has 7 rings (SSSR count). The molecule has 5 nitrogen and oxygen atoms in total. The first-order chi connectivity index (χ1) is 16.2. The van der Waals surface area contributed by atoms with Crippen LogP contribution in [0.2, 0.25) is 5.28 Å². The Morgan fingerprint density at radius 3 is 1.45 bits per heavy atom. The molecule has 3 aromatic heterocycles. The van der Waals surface area contributed by atoms with Crippen molar-refractivity contribution in [3.63, 3.8) is 0 Å².